The van der Waals surface area contributed by atoms with Gasteiger partial charge in [-0.2, -0.15) is 5.10 Å². The molecular weight excluding hydrogens is 290 g/mol. The number of sulfone groups is 1. The van der Waals surface area contributed by atoms with Crippen molar-refractivity contribution in [2.75, 3.05) is 11.6 Å². The summed E-state index contributed by atoms with van der Waals surface area (Å²) in [6.45, 7) is 4.39. The van der Waals surface area contributed by atoms with Crippen molar-refractivity contribution in [3.05, 3.63) is 41.6 Å². The first-order chi connectivity index (χ1) is 9.81. The van der Waals surface area contributed by atoms with Gasteiger partial charge in [0.1, 0.15) is 5.82 Å². The molecule has 2 aromatic rings. The number of carbonyl (C=O) groups is 1. The monoisotopic (exact) mass is 307 g/mol. The van der Waals surface area contributed by atoms with Crippen molar-refractivity contribution >= 4 is 21.6 Å². The summed E-state index contributed by atoms with van der Waals surface area (Å²) in [5.41, 5.74) is 1.09. The Labute approximate surface area is 123 Å². The minimum absolute atomic E-state index is 0.121. The zero-order valence-electron chi connectivity index (χ0n) is 12.1. The van der Waals surface area contributed by atoms with Crippen molar-refractivity contribution in [2.24, 2.45) is 0 Å². The SMILES string of the molecule is CCn1nc(C)cc1NC(=O)c1cccc(S(C)(=O)=O)c1. The van der Waals surface area contributed by atoms with Crippen molar-refractivity contribution in [3.63, 3.8) is 0 Å². The molecule has 1 N–H and O–H groups in total. The molecule has 2 rings (SSSR count). The van der Waals surface area contributed by atoms with Crippen LogP contribution in [0.5, 0.6) is 0 Å². The minimum atomic E-state index is -3.34. The zero-order chi connectivity index (χ0) is 15.6. The van der Waals surface area contributed by atoms with Gasteiger partial charge < -0.3 is 5.32 Å². The van der Waals surface area contributed by atoms with Gasteiger partial charge in [-0.05, 0) is 32.0 Å². The Bertz CT molecular complexity index is 779. The number of hydrogen-bond acceptors (Lipinski definition) is 4. The van der Waals surface area contributed by atoms with E-state index in [1.54, 1.807) is 22.9 Å². The molecule has 1 heterocycles. The largest absolute Gasteiger partial charge is 0.307 e. The lowest BCUT2D eigenvalue weighted by atomic mass is 10.2. The molecule has 0 saturated heterocycles. The molecule has 1 aromatic carbocycles. The van der Waals surface area contributed by atoms with Gasteiger partial charge in [0, 0.05) is 24.4 Å². The molecule has 0 radical (unpaired) electrons. The first-order valence-electron chi connectivity index (χ1n) is 6.47. The molecule has 1 amide bonds. The van der Waals surface area contributed by atoms with Crippen LogP contribution in [0, 0.1) is 6.92 Å². The summed E-state index contributed by atoms with van der Waals surface area (Å²) in [7, 11) is -3.34. The predicted octanol–water partition coefficient (Wildman–Crippen LogP) is 1.87. The Balaban J connectivity index is 2.28. The highest BCUT2D eigenvalue weighted by Crippen LogP contribution is 2.15. The maximum absolute atomic E-state index is 12.2. The lowest BCUT2D eigenvalue weighted by molar-refractivity contribution is 0.102. The van der Waals surface area contributed by atoms with Gasteiger partial charge in [-0.3, -0.25) is 4.79 Å². The number of anilines is 1. The summed E-state index contributed by atoms with van der Waals surface area (Å²) in [5, 5.41) is 6.98. The standard InChI is InChI=1S/C14H17N3O3S/c1-4-17-13(8-10(2)16-17)15-14(18)11-6-5-7-12(9-11)21(3,19)20/h5-9H,4H2,1-3H3,(H,15,18). The molecule has 21 heavy (non-hydrogen) atoms. The van der Waals surface area contributed by atoms with Crippen LogP contribution >= 0.6 is 0 Å². The van der Waals surface area contributed by atoms with Crippen LogP contribution < -0.4 is 5.32 Å². The van der Waals surface area contributed by atoms with E-state index in [1.165, 1.54) is 12.1 Å². The molecule has 0 aliphatic rings. The molecule has 0 bridgehead atoms. The third-order valence-corrected chi connectivity index (χ3v) is 4.08. The van der Waals surface area contributed by atoms with Crippen LogP contribution in [0.3, 0.4) is 0 Å². The second-order valence-corrected chi connectivity index (χ2v) is 6.76. The molecule has 0 aliphatic carbocycles. The number of nitrogens with one attached hydrogen (secondary N) is 1. The van der Waals surface area contributed by atoms with E-state index in [-0.39, 0.29) is 10.8 Å². The normalized spacial score (nSPS) is 11.4. The van der Waals surface area contributed by atoms with E-state index in [0.717, 1.165) is 11.9 Å². The lowest BCUT2D eigenvalue weighted by Gasteiger charge is -2.07. The maximum Gasteiger partial charge on any atom is 0.256 e. The average Bonchev–Trinajstić information content (AvgIpc) is 2.78. The molecule has 0 atom stereocenters. The zero-order valence-corrected chi connectivity index (χ0v) is 12.9. The van der Waals surface area contributed by atoms with Gasteiger partial charge in [0.15, 0.2) is 9.84 Å². The minimum Gasteiger partial charge on any atom is -0.307 e. The summed E-state index contributed by atoms with van der Waals surface area (Å²) in [5.74, 6) is 0.222. The van der Waals surface area contributed by atoms with Gasteiger partial charge in [0.05, 0.1) is 10.6 Å². The van der Waals surface area contributed by atoms with E-state index >= 15 is 0 Å². The van der Waals surface area contributed by atoms with Gasteiger partial charge in [-0.1, -0.05) is 6.07 Å². The molecule has 0 unspecified atom stereocenters. The smallest absolute Gasteiger partial charge is 0.256 e. The van der Waals surface area contributed by atoms with Crippen molar-refractivity contribution in [1.29, 1.82) is 0 Å². The third kappa shape index (κ3) is 3.49. The molecule has 0 spiro atoms. The van der Waals surface area contributed by atoms with Crippen LogP contribution in [0.25, 0.3) is 0 Å². The maximum atomic E-state index is 12.2. The number of hydrogen-bond donors (Lipinski definition) is 1. The van der Waals surface area contributed by atoms with Crippen molar-refractivity contribution < 1.29 is 13.2 Å². The topological polar surface area (TPSA) is 81.1 Å². The number of rotatable bonds is 4. The van der Waals surface area contributed by atoms with Crippen LogP contribution in [0.2, 0.25) is 0 Å². The summed E-state index contributed by atoms with van der Waals surface area (Å²) >= 11 is 0. The van der Waals surface area contributed by atoms with Crippen LogP contribution in [-0.2, 0) is 16.4 Å². The first kappa shape index (κ1) is 15.2. The molecule has 1 aromatic heterocycles. The second-order valence-electron chi connectivity index (χ2n) is 4.74. The van der Waals surface area contributed by atoms with Crippen LogP contribution in [0.4, 0.5) is 5.82 Å². The number of benzene rings is 1. The van der Waals surface area contributed by atoms with Gasteiger partial charge in [-0.25, -0.2) is 13.1 Å². The van der Waals surface area contributed by atoms with E-state index in [0.29, 0.717) is 17.9 Å². The predicted molar refractivity (Wildman–Crippen MR) is 80.1 cm³/mol. The van der Waals surface area contributed by atoms with Crippen LogP contribution in [0.15, 0.2) is 35.2 Å². The number of amides is 1. The fourth-order valence-electron chi connectivity index (χ4n) is 1.94. The Kier molecular flexibility index (Phi) is 4.13. The molecule has 0 fully saturated rings. The van der Waals surface area contributed by atoms with Gasteiger partial charge >= 0.3 is 0 Å². The average molecular weight is 307 g/mol. The van der Waals surface area contributed by atoms with Crippen LogP contribution in [0.1, 0.15) is 23.0 Å². The van der Waals surface area contributed by atoms with Gasteiger partial charge in [0.25, 0.3) is 5.91 Å². The van der Waals surface area contributed by atoms with E-state index < -0.39 is 9.84 Å². The van der Waals surface area contributed by atoms with E-state index in [9.17, 15) is 13.2 Å². The number of nitrogens with zero attached hydrogens (tertiary/aromatic N) is 2. The van der Waals surface area contributed by atoms with E-state index in [2.05, 4.69) is 10.4 Å². The van der Waals surface area contributed by atoms with E-state index in [4.69, 9.17) is 0 Å². The van der Waals surface area contributed by atoms with E-state index in [1.807, 2.05) is 13.8 Å². The van der Waals surface area contributed by atoms with Crippen LogP contribution in [-0.4, -0.2) is 30.4 Å². The number of carbonyl (C=O) groups excluding carboxylic acids is 1. The first-order valence-corrected chi connectivity index (χ1v) is 8.36. The summed E-state index contributed by atoms with van der Waals surface area (Å²) in [6.07, 6.45) is 1.11. The number of aromatic nitrogens is 2. The van der Waals surface area contributed by atoms with Crippen molar-refractivity contribution in [3.8, 4) is 0 Å². The highest BCUT2D eigenvalue weighted by Gasteiger charge is 2.13. The Morgan fingerprint density at radius 3 is 2.67 bits per heavy atom. The summed E-state index contributed by atoms with van der Waals surface area (Å²) < 4.78 is 24.7. The highest BCUT2D eigenvalue weighted by atomic mass is 32.2. The fourth-order valence-corrected chi connectivity index (χ4v) is 2.61. The molecule has 0 saturated carbocycles. The molecule has 112 valence electrons. The summed E-state index contributed by atoms with van der Waals surface area (Å²) in [6, 6.07) is 7.72. The fraction of sp³-hybridized carbons (Fsp3) is 0.286. The van der Waals surface area contributed by atoms with Crippen molar-refractivity contribution in [1.82, 2.24) is 9.78 Å². The molecule has 7 heteroatoms. The molecular formula is C14H17N3O3S. The quantitative estimate of drug-likeness (QED) is 0.935. The molecule has 6 nitrogen and oxygen atoms in total. The highest BCUT2D eigenvalue weighted by molar-refractivity contribution is 7.90. The van der Waals surface area contributed by atoms with Gasteiger partial charge in [-0.15, -0.1) is 0 Å². The summed E-state index contributed by atoms with van der Waals surface area (Å²) in [4.78, 5) is 12.3. The lowest BCUT2D eigenvalue weighted by Crippen LogP contribution is -2.15. The molecule has 0 aliphatic heterocycles. The number of aryl methyl sites for hydroxylation is 2. The Morgan fingerprint density at radius 2 is 2.05 bits per heavy atom. The Morgan fingerprint density at radius 1 is 1.33 bits per heavy atom. The second kappa shape index (κ2) is 5.69. The van der Waals surface area contributed by atoms with Crippen molar-refractivity contribution in [2.45, 2.75) is 25.3 Å². The van der Waals surface area contributed by atoms with Gasteiger partial charge in [0.2, 0.25) is 0 Å². The third-order valence-electron chi connectivity index (χ3n) is 2.97. The Hall–Kier alpha value is -2.15.